The van der Waals surface area contributed by atoms with Crippen molar-refractivity contribution >= 4 is 28.8 Å². The highest BCUT2D eigenvalue weighted by atomic mass is 16.5. The largest absolute Gasteiger partial charge is 0.478 e. The van der Waals surface area contributed by atoms with E-state index in [1.54, 1.807) is 0 Å². The smallest absolute Gasteiger partial charge is 0.328 e. The SMILES string of the molecule is CCN(C)CCc1c[nH]c2cccc(OC(C)=O)c12.O=C(O)/C=C/C(=O)O. The van der Waals surface area contributed by atoms with Crippen LogP contribution < -0.4 is 4.74 Å². The number of likely N-dealkylation sites (N-methyl/N-ethyl adjacent to an activating group) is 1. The number of nitrogens with one attached hydrogen (secondary N) is 1. The summed E-state index contributed by atoms with van der Waals surface area (Å²) in [5.74, 6) is -2.16. The Morgan fingerprint density at radius 3 is 2.33 bits per heavy atom. The maximum Gasteiger partial charge on any atom is 0.328 e. The summed E-state index contributed by atoms with van der Waals surface area (Å²) in [6, 6.07) is 5.72. The minimum Gasteiger partial charge on any atom is -0.478 e. The van der Waals surface area contributed by atoms with Gasteiger partial charge in [0.1, 0.15) is 5.75 Å². The molecule has 0 amide bonds. The number of carboxylic acid groups (broad SMARTS) is 2. The van der Waals surface area contributed by atoms with Crippen LogP contribution in [0.25, 0.3) is 10.9 Å². The van der Waals surface area contributed by atoms with Gasteiger partial charge in [-0.3, -0.25) is 4.79 Å². The zero-order chi connectivity index (χ0) is 20.4. The molecule has 146 valence electrons. The predicted molar refractivity (Wildman–Crippen MR) is 101 cm³/mol. The van der Waals surface area contributed by atoms with Crippen LogP contribution in [-0.2, 0) is 20.8 Å². The van der Waals surface area contributed by atoms with Gasteiger partial charge in [-0.25, -0.2) is 9.59 Å². The van der Waals surface area contributed by atoms with Crippen molar-refractivity contribution in [1.82, 2.24) is 9.88 Å². The minimum atomic E-state index is -1.26. The fourth-order valence-electron chi connectivity index (χ4n) is 2.27. The summed E-state index contributed by atoms with van der Waals surface area (Å²) in [6.45, 7) is 5.58. The van der Waals surface area contributed by atoms with Gasteiger partial charge in [0.15, 0.2) is 0 Å². The van der Waals surface area contributed by atoms with E-state index in [1.165, 1.54) is 12.5 Å². The molecule has 1 aromatic heterocycles. The number of aliphatic carboxylic acids is 2. The number of ether oxygens (including phenoxy) is 1. The van der Waals surface area contributed by atoms with Gasteiger partial charge in [-0.1, -0.05) is 13.0 Å². The van der Waals surface area contributed by atoms with Gasteiger partial charge in [0.05, 0.1) is 0 Å². The molecule has 1 aromatic carbocycles. The maximum absolute atomic E-state index is 11.2. The standard InChI is InChI=1S/C15H20N2O2.C4H4O4/c1-4-17(3)9-8-12-10-16-13-6-5-7-14(15(12)13)19-11(2)18;5-3(6)1-2-4(7)8/h5-7,10,16H,4,8-9H2,1-3H3;1-2H,(H,5,6)(H,7,8)/b;2-1+. The van der Waals surface area contributed by atoms with Crippen molar-refractivity contribution in [3.05, 3.63) is 42.1 Å². The maximum atomic E-state index is 11.2. The first kappa shape index (κ1) is 21.9. The molecule has 0 radical (unpaired) electrons. The van der Waals surface area contributed by atoms with Gasteiger partial charge in [0, 0.05) is 42.7 Å². The molecule has 27 heavy (non-hydrogen) atoms. The van der Waals surface area contributed by atoms with Crippen LogP contribution in [0.15, 0.2) is 36.5 Å². The molecule has 2 aromatic rings. The van der Waals surface area contributed by atoms with Gasteiger partial charge >= 0.3 is 17.9 Å². The highest BCUT2D eigenvalue weighted by molar-refractivity contribution is 5.91. The number of aromatic amines is 1. The molecule has 0 fully saturated rings. The number of aromatic nitrogens is 1. The van der Waals surface area contributed by atoms with E-state index in [9.17, 15) is 14.4 Å². The monoisotopic (exact) mass is 376 g/mol. The average molecular weight is 376 g/mol. The molecule has 0 aliphatic rings. The first-order valence-corrected chi connectivity index (χ1v) is 8.34. The van der Waals surface area contributed by atoms with Gasteiger partial charge in [0.25, 0.3) is 0 Å². The fraction of sp³-hybridized carbons (Fsp3) is 0.316. The van der Waals surface area contributed by atoms with Crippen LogP contribution in [0.2, 0.25) is 0 Å². The molecule has 8 nitrogen and oxygen atoms in total. The molecular weight excluding hydrogens is 352 g/mol. The highest BCUT2D eigenvalue weighted by Crippen LogP contribution is 2.29. The van der Waals surface area contributed by atoms with Gasteiger partial charge < -0.3 is 24.8 Å². The lowest BCUT2D eigenvalue weighted by molar-refractivity contribution is -0.134. The van der Waals surface area contributed by atoms with E-state index >= 15 is 0 Å². The van der Waals surface area contributed by atoms with Crippen LogP contribution in [0.4, 0.5) is 0 Å². The van der Waals surface area contributed by atoms with E-state index in [0.717, 1.165) is 30.4 Å². The Bertz CT molecular complexity index is 809. The normalized spacial score (nSPS) is 10.7. The van der Waals surface area contributed by atoms with Crippen molar-refractivity contribution in [3.8, 4) is 5.75 Å². The Morgan fingerprint density at radius 1 is 1.19 bits per heavy atom. The van der Waals surface area contributed by atoms with Crippen molar-refractivity contribution in [1.29, 1.82) is 0 Å². The highest BCUT2D eigenvalue weighted by Gasteiger charge is 2.11. The molecule has 0 bridgehead atoms. The second-order valence-electron chi connectivity index (χ2n) is 5.74. The first-order chi connectivity index (χ1) is 12.7. The van der Waals surface area contributed by atoms with Crippen molar-refractivity contribution in [2.45, 2.75) is 20.3 Å². The lowest BCUT2D eigenvalue weighted by Gasteiger charge is -2.13. The van der Waals surface area contributed by atoms with Gasteiger partial charge in [-0.15, -0.1) is 0 Å². The number of nitrogens with zero attached hydrogens (tertiary/aromatic N) is 1. The quantitative estimate of drug-likeness (QED) is 0.385. The van der Waals surface area contributed by atoms with E-state index < -0.39 is 11.9 Å². The molecule has 0 aliphatic carbocycles. The molecule has 2 rings (SSSR count). The van der Waals surface area contributed by atoms with Gasteiger partial charge in [-0.05, 0) is 37.7 Å². The Kier molecular flexibility index (Phi) is 8.74. The minimum absolute atomic E-state index is 0.287. The van der Waals surface area contributed by atoms with Gasteiger partial charge in [0.2, 0.25) is 0 Å². The van der Waals surface area contributed by atoms with Crippen LogP contribution in [0.5, 0.6) is 5.75 Å². The molecule has 0 spiro atoms. The van der Waals surface area contributed by atoms with E-state index in [4.69, 9.17) is 14.9 Å². The number of hydrogen-bond acceptors (Lipinski definition) is 5. The molecule has 0 atom stereocenters. The Balaban J connectivity index is 0.000000387. The summed E-state index contributed by atoms with van der Waals surface area (Å²) >= 11 is 0. The third-order valence-electron chi connectivity index (χ3n) is 3.67. The second kappa shape index (κ2) is 10.8. The van der Waals surface area contributed by atoms with Crippen LogP contribution >= 0.6 is 0 Å². The Hall–Kier alpha value is -3.13. The summed E-state index contributed by atoms with van der Waals surface area (Å²) in [6.07, 6.45) is 4.05. The number of hydrogen-bond donors (Lipinski definition) is 3. The van der Waals surface area contributed by atoms with E-state index in [-0.39, 0.29) is 5.97 Å². The van der Waals surface area contributed by atoms with Crippen molar-refractivity contribution in [2.24, 2.45) is 0 Å². The summed E-state index contributed by atoms with van der Waals surface area (Å²) in [5, 5.41) is 16.6. The van der Waals surface area contributed by atoms with Crippen molar-refractivity contribution in [3.63, 3.8) is 0 Å². The lowest BCUT2D eigenvalue weighted by Crippen LogP contribution is -2.20. The van der Waals surface area contributed by atoms with Crippen LogP contribution in [0.1, 0.15) is 19.4 Å². The molecule has 0 aliphatic heterocycles. The number of carbonyl (C=O) groups excluding carboxylic acids is 1. The number of fused-ring (bicyclic) bond motifs is 1. The molecule has 0 unspecified atom stereocenters. The van der Waals surface area contributed by atoms with Gasteiger partial charge in [-0.2, -0.15) is 0 Å². The first-order valence-electron chi connectivity index (χ1n) is 8.34. The van der Waals surface area contributed by atoms with Crippen molar-refractivity contribution in [2.75, 3.05) is 20.1 Å². The zero-order valence-corrected chi connectivity index (χ0v) is 15.6. The number of H-pyrrole nitrogens is 1. The number of esters is 1. The number of carboxylic acids is 2. The third kappa shape index (κ3) is 7.74. The molecular formula is C19H24N2O6. The number of carbonyl (C=O) groups is 3. The predicted octanol–water partition coefficient (Wildman–Crippen LogP) is 2.30. The summed E-state index contributed by atoms with van der Waals surface area (Å²) < 4.78 is 5.29. The lowest BCUT2D eigenvalue weighted by atomic mass is 10.1. The number of rotatable bonds is 7. The Morgan fingerprint density at radius 2 is 1.81 bits per heavy atom. The molecule has 0 saturated carbocycles. The topological polar surface area (TPSA) is 120 Å². The van der Waals surface area contributed by atoms with Crippen LogP contribution in [0.3, 0.4) is 0 Å². The third-order valence-corrected chi connectivity index (χ3v) is 3.67. The fourth-order valence-corrected chi connectivity index (χ4v) is 2.27. The zero-order valence-electron chi connectivity index (χ0n) is 15.6. The summed E-state index contributed by atoms with van der Waals surface area (Å²) in [4.78, 5) is 35.8. The summed E-state index contributed by atoms with van der Waals surface area (Å²) in [5.41, 5.74) is 2.19. The van der Waals surface area contributed by atoms with E-state index in [1.807, 2.05) is 24.4 Å². The molecule has 1 heterocycles. The summed E-state index contributed by atoms with van der Waals surface area (Å²) in [7, 11) is 2.10. The molecule has 8 heteroatoms. The van der Waals surface area contributed by atoms with E-state index in [0.29, 0.717) is 17.9 Å². The van der Waals surface area contributed by atoms with Crippen molar-refractivity contribution < 1.29 is 29.3 Å². The average Bonchev–Trinajstić information content (AvgIpc) is 3.02. The van der Waals surface area contributed by atoms with Crippen LogP contribution in [0, 0.1) is 0 Å². The number of benzene rings is 1. The second-order valence-corrected chi connectivity index (χ2v) is 5.74. The molecule has 3 N–H and O–H groups in total. The molecule has 0 saturated heterocycles. The van der Waals surface area contributed by atoms with E-state index in [2.05, 4.69) is 23.9 Å². The Labute approximate surface area is 157 Å². The van der Waals surface area contributed by atoms with Crippen LogP contribution in [-0.4, -0.2) is 58.1 Å².